The van der Waals surface area contributed by atoms with Crippen LogP contribution in [0.4, 0.5) is 0 Å². The second kappa shape index (κ2) is 6.09. The average molecular weight is 295 g/mol. The molecule has 0 spiro atoms. The predicted octanol–water partition coefficient (Wildman–Crippen LogP) is 4.60. The summed E-state index contributed by atoms with van der Waals surface area (Å²) in [5.41, 5.74) is 1.80. The fourth-order valence-corrected chi connectivity index (χ4v) is 2.32. The van der Waals surface area contributed by atoms with Crippen LogP contribution in [0.15, 0.2) is 48.5 Å². The van der Waals surface area contributed by atoms with Crippen molar-refractivity contribution in [3.8, 4) is 0 Å². The molecule has 0 aliphatic heterocycles. The minimum atomic E-state index is -0.847. The summed E-state index contributed by atoms with van der Waals surface area (Å²) in [6.45, 7) is 0. The summed E-state index contributed by atoms with van der Waals surface area (Å²) in [6, 6.07) is 14.7. The molecular weight excluding hydrogens is 283 g/mol. The first-order chi connectivity index (χ1) is 9.08. The van der Waals surface area contributed by atoms with E-state index in [1.165, 1.54) is 0 Å². The fraction of sp³-hybridized carbons (Fsp3) is 0.133. The van der Waals surface area contributed by atoms with Gasteiger partial charge < -0.3 is 5.11 Å². The van der Waals surface area contributed by atoms with Crippen molar-refractivity contribution in [3.05, 3.63) is 69.7 Å². The number of hydrogen-bond acceptors (Lipinski definition) is 1. The van der Waals surface area contributed by atoms with Crippen molar-refractivity contribution in [2.24, 2.45) is 0 Å². The van der Waals surface area contributed by atoms with Crippen LogP contribution in [0.2, 0.25) is 10.0 Å². The zero-order valence-corrected chi connectivity index (χ0v) is 11.5. The Balaban J connectivity index is 2.42. The molecule has 0 unspecified atom stereocenters. The highest BCUT2D eigenvalue weighted by atomic mass is 35.5. The Bertz CT molecular complexity index is 582. The predicted molar refractivity (Wildman–Crippen MR) is 77.0 cm³/mol. The number of hydrogen-bond donors (Lipinski definition) is 1. The number of benzene rings is 2. The first kappa shape index (κ1) is 13.9. The van der Waals surface area contributed by atoms with E-state index in [-0.39, 0.29) is 12.3 Å². The molecule has 0 aromatic heterocycles. The summed E-state index contributed by atoms with van der Waals surface area (Å²) in [6.07, 6.45) is 0.0158. The summed E-state index contributed by atoms with van der Waals surface area (Å²) < 4.78 is 0. The molecule has 0 amide bonds. The molecule has 0 aliphatic rings. The molecule has 0 radical (unpaired) electrons. The van der Waals surface area contributed by atoms with Crippen LogP contribution in [0.1, 0.15) is 23.5 Å². The van der Waals surface area contributed by atoms with Crippen LogP contribution in [0.3, 0.4) is 0 Å². The van der Waals surface area contributed by atoms with Crippen molar-refractivity contribution in [3.63, 3.8) is 0 Å². The molecule has 0 aliphatic carbocycles. The lowest BCUT2D eigenvalue weighted by atomic mass is 9.89. The minimum Gasteiger partial charge on any atom is -0.481 e. The highest BCUT2D eigenvalue weighted by molar-refractivity contribution is 6.42. The van der Waals surface area contributed by atoms with Crippen LogP contribution >= 0.6 is 23.2 Å². The molecular formula is C15H12Cl2O2. The normalized spacial score (nSPS) is 12.1. The van der Waals surface area contributed by atoms with Gasteiger partial charge in [0.15, 0.2) is 0 Å². The van der Waals surface area contributed by atoms with Gasteiger partial charge in [0.2, 0.25) is 0 Å². The van der Waals surface area contributed by atoms with Gasteiger partial charge in [-0.05, 0) is 23.3 Å². The third-order valence-corrected chi connectivity index (χ3v) is 3.67. The highest BCUT2D eigenvalue weighted by Crippen LogP contribution is 2.32. The van der Waals surface area contributed by atoms with E-state index in [0.29, 0.717) is 10.0 Å². The standard InChI is InChI=1S/C15H12Cl2O2/c16-13-7-6-11(8-14(13)17)12(9-15(18)19)10-4-2-1-3-5-10/h1-8,12H,9H2,(H,18,19)/t12-/m0/s1. The van der Waals surface area contributed by atoms with Gasteiger partial charge in [-0.25, -0.2) is 0 Å². The quantitative estimate of drug-likeness (QED) is 0.895. The number of halogens is 2. The summed E-state index contributed by atoms with van der Waals surface area (Å²) in [5, 5.41) is 9.97. The van der Waals surface area contributed by atoms with Crippen LogP contribution in [0.5, 0.6) is 0 Å². The van der Waals surface area contributed by atoms with Crippen LogP contribution in [-0.2, 0) is 4.79 Å². The van der Waals surface area contributed by atoms with Crippen LogP contribution in [0, 0.1) is 0 Å². The maximum atomic E-state index is 11.0. The summed E-state index contributed by atoms with van der Waals surface area (Å²) in [5.74, 6) is -1.08. The smallest absolute Gasteiger partial charge is 0.304 e. The van der Waals surface area contributed by atoms with Crippen molar-refractivity contribution in [1.29, 1.82) is 0 Å². The third-order valence-electron chi connectivity index (χ3n) is 2.93. The molecule has 0 bridgehead atoms. The molecule has 19 heavy (non-hydrogen) atoms. The molecule has 2 aromatic carbocycles. The zero-order valence-electron chi connectivity index (χ0n) is 10.0. The number of aliphatic carboxylic acids is 1. The van der Waals surface area contributed by atoms with E-state index in [1.54, 1.807) is 12.1 Å². The Hall–Kier alpha value is -1.51. The first-order valence-corrected chi connectivity index (χ1v) is 6.55. The van der Waals surface area contributed by atoms with Gasteiger partial charge in [-0.2, -0.15) is 0 Å². The number of carboxylic acids is 1. The van der Waals surface area contributed by atoms with E-state index in [1.807, 2.05) is 36.4 Å². The molecule has 0 heterocycles. The van der Waals surface area contributed by atoms with E-state index in [0.717, 1.165) is 11.1 Å². The number of carbonyl (C=O) groups is 1. The summed E-state index contributed by atoms with van der Waals surface area (Å²) in [4.78, 5) is 11.0. The molecule has 4 heteroatoms. The van der Waals surface area contributed by atoms with Gasteiger partial charge in [0.05, 0.1) is 16.5 Å². The second-order valence-corrected chi connectivity index (χ2v) is 5.05. The molecule has 0 fully saturated rings. The number of carboxylic acid groups (broad SMARTS) is 1. The molecule has 0 saturated carbocycles. The Labute approximate surface area is 121 Å². The molecule has 1 N–H and O–H groups in total. The first-order valence-electron chi connectivity index (χ1n) is 5.79. The van der Waals surface area contributed by atoms with Crippen molar-refractivity contribution in [2.75, 3.05) is 0 Å². The maximum absolute atomic E-state index is 11.0. The van der Waals surface area contributed by atoms with E-state index >= 15 is 0 Å². The van der Waals surface area contributed by atoms with Crippen molar-refractivity contribution in [2.45, 2.75) is 12.3 Å². The monoisotopic (exact) mass is 294 g/mol. The van der Waals surface area contributed by atoms with Gasteiger partial charge in [0.25, 0.3) is 0 Å². The summed E-state index contributed by atoms with van der Waals surface area (Å²) in [7, 11) is 0. The molecule has 98 valence electrons. The van der Waals surface area contributed by atoms with E-state index < -0.39 is 5.97 Å². The van der Waals surface area contributed by atoms with Gasteiger partial charge in [0, 0.05) is 5.92 Å². The largest absolute Gasteiger partial charge is 0.481 e. The van der Waals surface area contributed by atoms with Crippen LogP contribution in [-0.4, -0.2) is 11.1 Å². The van der Waals surface area contributed by atoms with Crippen molar-refractivity contribution < 1.29 is 9.90 Å². The van der Waals surface area contributed by atoms with E-state index in [2.05, 4.69) is 0 Å². The van der Waals surface area contributed by atoms with Gasteiger partial charge in [-0.3, -0.25) is 4.79 Å². The zero-order chi connectivity index (χ0) is 13.8. The lowest BCUT2D eigenvalue weighted by Crippen LogP contribution is -2.08. The highest BCUT2D eigenvalue weighted by Gasteiger charge is 2.18. The lowest BCUT2D eigenvalue weighted by Gasteiger charge is -2.16. The van der Waals surface area contributed by atoms with Crippen molar-refractivity contribution >= 4 is 29.2 Å². The van der Waals surface area contributed by atoms with Crippen LogP contribution in [0.25, 0.3) is 0 Å². The molecule has 0 saturated heterocycles. The molecule has 2 nitrogen and oxygen atoms in total. The van der Waals surface area contributed by atoms with Gasteiger partial charge in [-0.1, -0.05) is 59.6 Å². The van der Waals surface area contributed by atoms with E-state index in [9.17, 15) is 4.79 Å². The minimum absolute atomic E-state index is 0.0158. The molecule has 2 aromatic rings. The Morgan fingerprint density at radius 3 is 2.26 bits per heavy atom. The van der Waals surface area contributed by atoms with Gasteiger partial charge in [0.1, 0.15) is 0 Å². The average Bonchev–Trinajstić information content (AvgIpc) is 2.40. The van der Waals surface area contributed by atoms with Crippen LogP contribution < -0.4 is 0 Å². The van der Waals surface area contributed by atoms with E-state index in [4.69, 9.17) is 28.3 Å². The Morgan fingerprint density at radius 2 is 1.68 bits per heavy atom. The maximum Gasteiger partial charge on any atom is 0.304 e. The summed E-state index contributed by atoms with van der Waals surface area (Å²) >= 11 is 11.9. The Kier molecular flexibility index (Phi) is 4.46. The SMILES string of the molecule is O=C(O)C[C@@H](c1ccccc1)c1ccc(Cl)c(Cl)c1. The van der Waals surface area contributed by atoms with Crippen molar-refractivity contribution in [1.82, 2.24) is 0 Å². The van der Waals surface area contributed by atoms with Gasteiger partial charge in [-0.15, -0.1) is 0 Å². The third kappa shape index (κ3) is 3.49. The molecule has 1 atom stereocenters. The number of rotatable bonds is 4. The second-order valence-electron chi connectivity index (χ2n) is 4.23. The topological polar surface area (TPSA) is 37.3 Å². The lowest BCUT2D eigenvalue weighted by molar-refractivity contribution is -0.137. The fourth-order valence-electron chi connectivity index (χ4n) is 2.02. The molecule has 2 rings (SSSR count). The Morgan fingerprint density at radius 1 is 1.00 bits per heavy atom. The van der Waals surface area contributed by atoms with Gasteiger partial charge >= 0.3 is 5.97 Å².